The second-order valence-corrected chi connectivity index (χ2v) is 4.05. The van der Waals surface area contributed by atoms with Crippen molar-refractivity contribution in [3.8, 4) is 0 Å². The van der Waals surface area contributed by atoms with Crippen LogP contribution in [0.4, 0.5) is 5.69 Å². The lowest BCUT2D eigenvalue weighted by molar-refractivity contribution is -0.388. The Morgan fingerprint density at radius 1 is 1.53 bits per heavy atom. The standard InChI is InChI=1S/C9H8N4O3S/c1-6-11-12-8(16-6)5-17-9-7(13(14)15)3-2-4-10-9/h2-4H,5H2,1H3. The van der Waals surface area contributed by atoms with E-state index < -0.39 is 4.92 Å². The van der Waals surface area contributed by atoms with E-state index in [2.05, 4.69) is 15.2 Å². The number of thioether (sulfide) groups is 1. The quantitative estimate of drug-likeness (QED) is 0.466. The smallest absolute Gasteiger partial charge is 0.301 e. The van der Waals surface area contributed by atoms with Crippen LogP contribution in [-0.4, -0.2) is 20.1 Å². The Labute approximate surface area is 100 Å². The Bertz CT molecular complexity index is 543. The van der Waals surface area contributed by atoms with Crippen LogP contribution >= 0.6 is 11.8 Å². The first kappa shape index (κ1) is 11.5. The van der Waals surface area contributed by atoms with E-state index in [-0.39, 0.29) is 5.69 Å². The molecule has 0 saturated heterocycles. The molecule has 0 spiro atoms. The molecule has 2 aromatic heterocycles. The summed E-state index contributed by atoms with van der Waals surface area (Å²) in [6, 6.07) is 2.94. The largest absolute Gasteiger partial charge is 0.425 e. The van der Waals surface area contributed by atoms with Crippen molar-refractivity contribution in [2.24, 2.45) is 0 Å². The highest BCUT2D eigenvalue weighted by atomic mass is 32.2. The molecule has 0 aromatic carbocycles. The highest BCUT2D eigenvalue weighted by molar-refractivity contribution is 7.98. The Morgan fingerprint density at radius 2 is 2.35 bits per heavy atom. The molecule has 2 rings (SSSR count). The molecule has 0 atom stereocenters. The topological polar surface area (TPSA) is 95.0 Å². The van der Waals surface area contributed by atoms with Crippen molar-refractivity contribution in [3.05, 3.63) is 40.2 Å². The summed E-state index contributed by atoms with van der Waals surface area (Å²) in [5.74, 6) is 1.25. The molecule has 0 aliphatic heterocycles. The first-order valence-electron chi connectivity index (χ1n) is 4.68. The summed E-state index contributed by atoms with van der Waals surface area (Å²) in [4.78, 5) is 14.2. The molecule has 0 saturated carbocycles. The van der Waals surface area contributed by atoms with Crippen LogP contribution in [0.3, 0.4) is 0 Å². The van der Waals surface area contributed by atoms with Crippen LogP contribution < -0.4 is 0 Å². The van der Waals surface area contributed by atoms with Gasteiger partial charge in [-0.1, -0.05) is 11.8 Å². The fourth-order valence-corrected chi connectivity index (χ4v) is 1.96. The molecular formula is C9H8N4O3S. The molecule has 2 heterocycles. The van der Waals surface area contributed by atoms with E-state index in [4.69, 9.17) is 4.42 Å². The van der Waals surface area contributed by atoms with E-state index >= 15 is 0 Å². The molecule has 0 amide bonds. The summed E-state index contributed by atoms with van der Waals surface area (Å²) in [6.45, 7) is 1.68. The summed E-state index contributed by atoms with van der Waals surface area (Å²) in [6.07, 6.45) is 1.51. The lowest BCUT2D eigenvalue weighted by atomic mass is 10.4. The van der Waals surface area contributed by atoms with Gasteiger partial charge in [-0.25, -0.2) is 4.98 Å². The lowest BCUT2D eigenvalue weighted by Crippen LogP contribution is -1.93. The maximum absolute atomic E-state index is 10.7. The Morgan fingerprint density at radius 3 is 3.00 bits per heavy atom. The molecule has 0 radical (unpaired) electrons. The van der Waals surface area contributed by atoms with Crippen LogP contribution in [0.25, 0.3) is 0 Å². The van der Waals surface area contributed by atoms with Gasteiger partial charge in [-0.15, -0.1) is 10.2 Å². The molecular weight excluding hydrogens is 244 g/mol. The van der Waals surface area contributed by atoms with E-state index in [1.807, 2.05) is 0 Å². The third-order valence-corrected chi connectivity index (χ3v) is 2.83. The molecule has 7 nitrogen and oxygen atoms in total. The third kappa shape index (κ3) is 2.78. The number of aromatic nitrogens is 3. The van der Waals surface area contributed by atoms with Crippen LogP contribution in [0.2, 0.25) is 0 Å². The fourth-order valence-electron chi connectivity index (χ4n) is 1.16. The van der Waals surface area contributed by atoms with Crippen molar-refractivity contribution < 1.29 is 9.34 Å². The molecule has 2 aromatic rings. The minimum atomic E-state index is -0.464. The number of nitrogens with zero attached hydrogens (tertiary/aromatic N) is 4. The molecule has 0 unspecified atom stereocenters. The monoisotopic (exact) mass is 252 g/mol. The Hall–Kier alpha value is -1.96. The first-order valence-corrected chi connectivity index (χ1v) is 5.66. The van der Waals surface area contributed by atoms with Crippen molar-refractivity contribution in [1.82, 2.24) is 15.2 Å². The Balaban J connectivity index is 2.11. The highest BCUT2D eigenvalue weighted by Gasteiger charge is 2.15. The first-order chi connectivity index (χ1) is 8.16. The number of hydrogen-bond donors (Lipinski definition) is 0. The summed E-state index contributed by atoms with van der Waals surface area (Å²) < 4.78 is 5.16. The second-order valence-electron chi connectivity index (χ2n) is 3.09. The molecule has 17 heavy (non-hydrogen) atoms. The minimum Gasteiger partial charge on any atom is -0.425 e. The number of pyridine rings is 1. The van der Waals surface area contributed by atoms with E-state index in [9.17, 15) is 10.1 Å². The van der Waals surface area contributed by atoms with Crippen LogP contribution in [0.1, 0.15) is 11.8 Å². The maximum atomic E-state index is 10.7. The molecule has 0 aliphatic carbocycles. The van der Waals surface area contributed by atoms with Gasteiger partial charge in [0.2, 0.25) is 11.8 Å². The summed E-state index contributed by atoms with van der Waals surface area (Å²) in [5.41, 5.74) is -0.0197. The van der Waals surface area contributed by atoms with Gasteiger partial charge in [-0.2, -0.15) is 0 Å². The summed E-state index contributed by atoms with van der Waals surface area (Å²) in [7, 11) is 0. The van der Waals surface area contributed by atoms with Crippen LogP contribution in [0, 0.1) is 17.0 Å². The van der Waals surface area contributed by atoms with Gasteiger partial charge in [0.1, 0.15) is 0 Å². The van der Waals surface area contributed by atoms with Crippen molar-refractivity contribution in [3.63, 3.8) is 0 Å². The predicted octanol–water partition coefficient (Wildman–Crippen LogP) is 1.97. The lowest BCUT2D eigenvalue weighted by Gasteiger charge is -1.98. The zero-order chi connectivity index (χ0) is 12.3. The molecule has 0 bridgehead atoms. The molecule has 8 heteroatoms. The van der Waals surface area contributed by atoms with Gasteiger partial charge in [-0.3, -0.25) is 10.1 Å². The van der Waals surface area contributed by atoms with Gasteiger partial charge in [0.05, 0.1) is 10.7 Å². The highest BCUT2D eigenvalue weighted by Crippen LogP contribution is 2.28. The maximum Gasteiger partial charge on any atom is 0.301 e. The molecule has 0 N–H and O–H groups in total. The van der Waals surface area contributed by atoms with Gasteiger partial charge in [-0.05, 0) is 6.07 Å². The van der Waals surface area contributed by atoms with Crippen LogP contribution in [0.5, 0.6) is 0 Å². The summed E-state index contributed by atoms with van der Waals surface area (Å²) in [5, 5.41) is 18.6. The molecule has 0 aliphatic rings. The van der Waals surface area contributed by atoms with E-state index in [1.165, 1.54) is 30.1 Å². The van der Waals surface area contributed by atoms with Gasteiger partial charge in [0.25, 0.3) is 0 Å². The molecule has 0 fully saturated rings. The molecule has 88 valence electrons. The van der Waals surface area contributed by atoms with Crippen LogP contribution in [0.15, 0.2) is 27.8 Å². The van der Waals surface area contributed by atoms with Gasteiger partial charge in [0.15, 0.2) is 5.03 Å². The normalized spacial score (nSPS) is 10.4. The second kappa shape index (κ2) is 4.91. The Kier molecular flexibility index (Phi) is 3.33. The zero-order valence-corrected chi connectivity index (χ0v) is 9.68. The number of nitro groups is 1. The number of rotatable bonds is 4. The fraction of sp³-hybridized carbons (Fsp3) is 0.222. The summed E-state index contributed by atoms with van der Waals surface area (Å²) >= 11 is 1.19. The zero-order valence-electron chi connectivity index (χ0n) is 8.86. The van der Waals surface area contributed by atoms with Crippen molar-refractivity contribution in [2.45, 2.75) is 17.7 Å². The van der Waals surface area contributed by atoms with E-state index in [0.29, 0.717) is 22.6 Å². The van der Waals surface area contributed by atoms with Gasteiger partial charge < -0.3 is 4.42 Å². The minimum absolute atomic E-state index is 0.0197. The van der Waals surface area contributed by atoms with Crippen molar-refractivity contribution in [1.29, 1.82) is 0 Å². The predicted molar refractivity (Wildman–Crippen MR) is 59.5 cm³/mol. The third-order valence-electron chi connectivity index (χ3n) is 1.85. The average molecular weight is 252 g/mol. The van der Waals surface area contributed by atoms with E-state index in [0.717, 1.165) is 0 Å². The number of hydrogen-bond acceptors (Lipinski definition) is 7. The van der Waals surface area contributed by atoms with Gasteiger partial charge in [0, 0.05) is 19.2 Å². The van der Waals surface area contributed by atoms with Crippen molar-refractivity contribution >= 4 is 17.4 Å². The number of aryl methyl sites for hydroxylation is 1. The van der Waals surface area contributed by atoms with Crippen LogP contribution in [-0.2, 0) is 5.75 Å². The van der Waals surface area contributed by atoms with Crippen molar-refractivity contribution in [2.75, 3.05) is 0 Å². The average Bonchev–Trinajstić information content (AvgIpc) is 2.73. The van der Waals surface area contributed by atoms with E-state index in [1.54, 1.807) is 6.92 Å². The SMILES string of the molecule is Cc1nnc(CSc2ncccc2[N+](=O)[O-])o1. The van der Waals surface area contributed by atoms with Gasteiger partial charge >= 0.3 is 5.69 Å².